The zero-order chi connectivity index (χ0) is 16.7. The van der Waals surface area contributed by atoms with E-state index in [2.05, 4.69) is 11.5 Å². The topological polar surface area (TPSA) is 70.0 Å². The van der Waals surface area contributed by atoms with Crippen LogP contribution in [0.1, 0.15) is 30.4 Å². The fourth-order valence-electron chi connectivity index (χ4n) is 5.80. The van der Waals surface area contributed by atoms with Crippen LogP contribution in [0.4, 0.5) is 0 Å². The maximum atomic E-state index is 12.6. The van der Waals surface area contributed by atoms with Gasteiger partial charge in [0.25, 0.3) is 0 Å². The second-order valence-corrected chi connectivity index (χ2v) is 7.56. The molecule has 2 heterocycles. The lowest BCUT2D eigenvalue weighted by molar-refractivity contribution is -0.187. The van der Waals surface area contributed by atoms with Gasteiger partial charge in [0.2, 0.25) is 0 Å². The van der Waals surface area contributed by atoms with Crippen molar-refractivity contribution in [2.24, 2.45) is 0 Å². The Labute approximate surface area is 140 Å². The summed E-state index contributed by atoms with van der Waals surface area (Å²) in [6.07, 6.45) is 3.35. The molecule has 0 radical (unpaired) electrons. The Morgan fingerprint density at radius 1 is 1.42 bits per heavy atom. The minimum absolute atomic E-state index is 0.0408. The number of carbonyl (C=O) groups is 1. The Morgan fingerprint density at radius 3 is 3.04 bits per heavy atom. The molecule has 1 saturated carbocycles. The summed E-state index contributed by atoms with van der Waals surface area (Å²) in [5.74, 6) is 0.528. The molecule has 2 aliphatic carbocycles. The molecule has 2 N–H and O–H groups in total. The van der Waals surface area contributed by atoms with Gasteiger partial charge in [-0.1, -0.05) is 12.1 Å². The molecule has 0 amide bonds. The minimum Gasteiger partial charge on any atom is -0.504 e. The number of likely N-dealkylation sites (tertiary alicyclic amines) is 1. The van der Waals surface area contributed by atoms with Gasteiger partial charge < -0.3 is 14.9 Å². The Morgan fingerprint density at radius 2 is 2.25 bits per heavy atom. The van der Waals surface area contributed by atoms with Crippen molar-refractivity contribution in [3.05, 3.63) is 35.9 Å². The molecule has 0 aromatic heterocycles. The van der Waals surface area contributed by atoms with Gasteiger partial charge in [0.15, 0.2) is 23.4 Å². The Balaban J connectivity index is 1.80. The van der Waals surface area contributed by atoms with Crippen molar-refractivity contribution < 1.29 is 19.7 Å². The number of aliphatic hydroxyl groups is 1. The summed E-state index contributed by atoms with van der Waals surface area (Å²) in [5, 5.41) is 22.1. The van der Waals surface area contributed by atoms with Gasteiger partial charge in [-0.2, -0.15) is 0 Å². The summed E-state index contributed by atoms with van der Waals surface area (Å²) in [5.41, 5.74) is 0.256. The molecule has 24 heavy (non-hydrogen) atoms. The first-order valence-corrected chi connectivity index (χ1v) is 8.65. The molecule has 1 aromatic carbocycles. The van der Waals surface area contributed by atoms with Crippen molar-refractivity contribution >= 4 is 5.78 Å². The van der Waals surface area contributed by atoms with E-state index >= 15 is 0 Å². The van der Waals surface area contributed by atoms with Gasteiger partial charge in [-0.05, 0) is 30.9 Å². The quantitative estimate of drug-likeness (QED) is 0.802. The molecule has 1 unspecified atom stereocenters. The van der Waals surface area contributed by atoms with E-state index in [4.69, 9.17) is 4.74 Å². The molecule has 1 aromatic rings. The van der Waals surface area contributed by atoms with Crippen molar-refractivity contribution in [2.75, 3.05) is 13.1 Å². The predicted molar refractivity (Wildman–Crippen MR) is 87.3 cm³/mol. The molecule has 2 fully saturated rings. The third-order valence-corrected chi connectivity index (χ3v) is 6.73. The van der Waals surface area contributed by atoms with E-state index in [1.165, 1.54) is 0 Å². The van der Waals surface area contributed by atoms with E-state index in [9.17, 15) is 15.0 Å². The van der Waals surface area contributed by atoms with Crippen molar-refractivity contribution in [3.8, 4) is 11.5 Å². The Kier molecular flexibility index (Phi) is 2.66. The highest BCUT2D eigenvalue weighted by atomic mass is 16.5. The SMILES string of the molecule is C=CCN1CCC23c4c5ccc(O)c4O[C@@H]2C(=O)CC[C@]3(O)[C@@H]1C5. The predicted octanol–water partition coefficient (Wildman–Crippen LogP) is 1.30. The van der Waals surface area contributed by atoms with Crippen LogP contribution in [-0.2, 0) is 16.6 Å². The van der Waals surface area contributed by atoms with E-state index in [1.54, 1.807) is 6.07 Å². The number of phenols is 1. The smallest absolute Gasteiger partial charge is 0.174 e. The van der Waals surface area contributed by atoms with E-state index in [0.717, 1.165) is 24.2 Å². The van der Waals surface area contributed by atoms with Crippen molar-refractivity contribution in [2.45, 2.75) is 48.8 Å². The van der Waals surface area contributed by atoms with Gasteiger partial charge in [-0.3, -0.25) is 9.69 Å². The molecule has 1 saturated heterocycles. The molecule has 1 spiro atoms. The normalized spacial score (nSPS) is 39.3. The molecule has 2 aliphatic heterocycles. The zero-order valence-corrected chi connectivity index (χ0v) is 13.5. The van der Waals surface area contributed by atoms with Gasteiger partial charge in [0, 0.05) is 31.1 Å². The summed E-state index contributed by atoms with van der Waals surface area (Å²) >= 11 is 0. The first-order chi connectivity index (χ1) is 11.5. The lowest BCUT2D eigenvalue weighted by atomic mass is 9.49. The lowest BCUT2D eigenvalue weighted by Gasteiger charge is -2.62. The Hall–Kier alpha value is -1.85. The number of carbonyl (C=O) groups excluding carboxylic acids is 1. The summed E-state index contributed by atoms with van der Waals surface area (Å²) in [7, 11) is 0. The lowest BCUT2D eigenvalue weighted by Crippen LogP contribution is -2.76. The number of hydrogen-bond acceptors (Lipinski definition) is 5. The second-order valence-electron chi connectivity index (χ2n) is 7.56. The van der Waals surface area contributed by atoms with Crippen LogP contribution in [0.2, 0.25) is 0 Å². The second kappa shape index (κ2) is 4.41. The first kappa shape index (κ1) is 14.5. The first-order valence-electron chi connectivity index (χ1n) is 8.65. The number of benzene rings is 1. The molecule has 5 heteroatoms. The average Bonchev–Trinajstić information content (AvgIpc) is 2.91. The number of ether oxygens (including phenoxy) is 1. The van der Waals surface area contributed by atoms with Gasteiger partial charge >= 0.3 is 0 Å². The summed E-state index contributed by atoms with van der Waals surface area (Å²) in [6, 6.07) is 3.52. The largest absolute Gasteiger partial charge is 0.504 e. The van der Waals surface area contributed by atoms with E-state index in [0.29, 0.717) is 31.4 Å². The molecule has 126 valence electrons. The van der Waals surface area contributed by atoms with E-state index in [-0.39, 0.29) is 17.6 Å². The number of rotatable bonds is 2. The molecular formula is C19H21NO4. The number of piperidine rings is 1. The van der Waals surface area contributed by atoms with Crippen molar-refractivity contribution in [1.29, 1.82) is 0 Å². The summed E-state index contributed by atoms with van der Waals surface area (Å²) < 4.78 is 5.98. The number of hydrogen-bond donors (Lipinski definition) is 2. The van der Waals surface area contributed by atoms with Gasteiger partial charge in [-0.25, -0.2) is 0 Å². The fraction of sp³-hybridized carbons (Fsp3) is 0.526. The maximum Gasteiger partial charge on any atom is 0.174 e. The van der Waals surface area contributed by atoms with Gasteiger partial charge in [0.1, 0.15) is 0 Å². The van der Waals surface area contributed by atoms with Crippen LogP contribution in [0.15, 0.2) is 24.8 Å². The van der Waals surface area contributed by atoms with E-state index < -0.39 is 17.1 Å². The average molecular weight is 327 g/mol. The number of phenolic OH excluding ortho intramolecular Hbond substituents is 1. The van der Waals surface area contributed by atoms with Crippen LogP contribution in [0.5, 0.6) is 11.5 Å². The highest BCUT2D eigenvalue weighted by molar-refractivity contribution is 5.90. The van der Waals surface area contributed by atoms with Crippen molar-refractivity contribution in [1.82, 2.24) is 4.90 Å². The minimum atomic E-state index is -1.00. The highest BCUT2D eigenvalue weighted by Gasteiger charge is 2.72. The standard InChI is InChI=1S/C19H21NO4/c1-2-8-20-9-7-18-15-11-3-4-12(21)16(15)24-17(18)13(22)5-6-19(18,23)14(20)10-11/h2-4,14,17,21,23H,1,5-10H2/t14-,17+,18?,19-/m0/s1. The fourth-order valence-corrected chi connectivity index (χ4v) is 5.80. The van der Waals surface area contributed by atoms with Gasteiger partial charge in [0.05, 0.1) is 11.0 Å². The van der Waals surface area contributed by atoms with Crippen LogP contribution >= 0.6 is 0 Å². The number of Topliss-reactive ketones (excluding diaryl/α,β-unsaturated/α-hetero) is 1. The van der Waals surface area contributed by atoms with Crippen LogP contribution in [0, 0.1) is 0 Å². The van der Waals surface area contributed by atoms with Crippen LogP contribution in [0.25, 0.3) is 0 Å². The molecule has 4 atom stereocenters. The maximum absolute atomic E-state index is 12.6. The van der Waals surface area contributed by atoms with Crippen LogP contribution in [0.3, 0.4) is 0 Å². The Bertz CT molecular complexity index is 775. The number of ketones is 1. The van der Waals surface area contributed by atoms with Crippen molar-refractivity contribution in [3.63, 3.8) is 0 Å². The third kappa shape index (κ3) is 1.38. The molecule has 5 nitrogen and oxygen atoms in total. The number of aromatic hydroxyl groups is 1. The zero-order valence-electron chi connectivity index (χ0n) is 13.5. The molecule has 2 bridgehead atoms. The number of nitrogens with zero attached hydrogens (tertiary/aromatic N) is 1. The van der Waals surface area contributed by atoms with Gasteiger partial charge in [-0.15, -0.1) is 6.58 Å². The summed E-state index contributed by atoms with van der Waals surface area (Å²) in [4.78, 5) is 14.9. The summed E-state index contributed by atoms with van der Waals surface area (Å²) in [6.45, 7) is 5.36. The molecular weight excluding hydrogens is 306 g/mol. The monoisotopic (exact) mass is 327 g/mol. The molecule has 4 aliphatic rings. The van der Waals surface area contributed by atoms with Crippen LogP contribution in [-0.4, -0.2) is 51.7 Å². The van der Waals surface area contributed by atoms with Crippen LogP contribution < -0.4 is 4.74 Å². The third-order valence-electron chi connectivity index (χ3n) is 6.73. The highest BCUT2D eigenvalue weighted by Crippen LogP contribution is 2.64. The molecule has 5 rings (SSSR count). The van der Waals surface area contributed by atoms with E-state index in [1.807, 2.05) is 12.1 Å².